The van der Waals surface area contributed by atoms with E-state index >= 15 is 0 Å². The highest BCUT2D eigenvalue weighted by atomic mass is 32.1. The van der Waals surface area contributed by atoms with Crippen molar-refractivity contribution in [2.75, 3.05) is 18.6 Å². The fourth-order valence-corrected chi connectivity index (χ4v) is 8.27. The summed E-state index contributed by atoms with van der Waals surface area (Å²) in [5.74, 6) is 0. The Balaban J connectivity index is 1.03. The summed E-state index contributed by atoms with van der Waals surface area (Å²) in [5, 5.41) is 6.34. The lowest BCUT2D eigenvalue weighted by atomic mass is 9.97. The minimum atomic E-state index is -0.478. The molecule has 3 aliphatic heterocycles. The Morgan fingerprint density at radius 3 is 2.56 bits per heavy atom. The standard InChI is InChI=1S/C28H36N8O3S2/c1-28(2,3)39-27(37)36-18-8-9-19(36)12-20(11-18)33(4)25-31-23-24(40-25)32-26(41-23)34-15-21(29-16-34)17-13-30-35(14-17)22-7-5-6-10-38-22/h13-16,18-20,22H,5-12H2,1-4H3/t18-,19+,20-,22?. The molecule has 0 radical (unpaired) electrons. The van der Waals surface area contributed by atoms with Gasteiger partial charge in [0.1, 0.15) is 18.2 Å². The number of fused-ring (bicyclic) bond motifs is 3. The van der Waals surface area contributed by atoms with Crippen molar-refractivity contribution in [3.05, 3.63) is 24.9 Å². The summed E-state index contributed by atoms with van der Waals surface area (Å²) in [6.07, 6.45) is 14.7. The highest BCUT2D eigenvalue weighted by Gasteiger charge is 2.46. The van der Waals surface area contributed by atoms with Crippen LogP contribution in [0.5, 0.6) is 0 Å². The van der Waals surface area contributed by atoms with Crippen LogP contribution in [0.25, 0.3) is 26.0 Å². The molecule has 4 aromatic heterocycles. The van der Waals surface area contributed by atoms with E-state index < -0.39 is 5.60 Å². The molecule has 0 spiro atoms. The molecule has 4 aromatic rings. The van der Waals surface area contributed by atoms with Gasteiger partial charge in [-0.3, -0.25) is 4.57 Å². The van der Waals surface area contributed by atoms with Crippen LogP contribution in [0, 0.1) is 0 Å². The SMILES string of the molecule is CN(c1nc2sc(-n3cnc(-c4cnn(C5CCCCO5)c4)c3)nc2s1)[C@@H]1C[C@H]2CC[C@@H](C1)N2C(=O)OC(C)(C)C. The molecular formula is C28H36N8O3S2. The molecule has 0 aromatic carbocycles. The first-order valence-corrected chi connectivity index (χ1v) is 16.1. The van der Waals surface area contributed by atoms with Crippen molar-refractivity contribution in [2.24, 2.45) is 0 Å². The second kappa shape index (κ2) is 10.4. The van der Waals surface area contributed by atoms with E-state index in [4.69, 9.17) is 19.4 Å². The van der Waals surface area contributed by atoms with Crippen LogP contribution in [0.2, 0.25) is 0 Å². The molecule has 0 aliphatic carbocycles. The van der Waals surface area contributed by atoms with E-state index in [1.54, 1.807) is 29.0 Å². The van der Waals surface area contributed by atoms with E-state index in [-0.39, 0.29) is 24.4 Å². The number of hydrogen-bond donors (Lipinski definition) is 0. The molecule has 4 atom stereocenters. The number of carbonyl (C=O) groups excluding carboxylic acids is 1. The normalized spacial score (nSPS) is 24.7. The largest absolute Gasteiger partial charge is 0.444 e. The Hall–Kier alpha value is -3.03. The summed E-state index contributed by atoms with van der Waals surface area (Å²) in [4.78, 5) is 33.5. The van der Waals surface area contributed by atoms with Crippen LogP contribution in [-0.2, 0) is 9.47 Å². The second-order valence-electron chi connectivity index (χ2n) is 12.3. The third-order valence-electron chi connectivity index (χ3n) is 8.27. The minimum Gasteiger partial charge on any atom is -0.444 e. The Bertz CT molecular complexity index is 1500. The van der Waals surface area contributed by atoms with Gasteiger partial charge < -0.3 is 19.3 Å². The number of carbonyl (C=O) groups is 1. The van der Waals surface area contributed by atoms with Gasteiger partial charge in [0.25, 0.3) is 0 Å². The zero-order chi connectivity index (χ0) is 28.3. The summed E-state index contributed by atoms with van der Waals surface area (Å²) >= 11 is 3.19. The number of amides is 1. The third-order valence-corrected chi connectivity index (χ3v) is 10.4. The van der Waals surface area contributed by atoms with Crippen molar-refractivity contribution in [2.45, 2.75) is 95.7 Å². The first-order chi connectivity index (χ1) is 19.7. The number of aromatic nitrogens is 6. The number of hydrogen-bond acceptors (Lipinski definition) is 10. The lowest BCUT2D eigenvalue weighted by Crippen LogP contribution is -2.53. The van der Waals surface area contributed by atoms with Gasteiger partial charge in [0.05, 0.1) is 11.9 Å². The summed E-state index contributed by atoms with van der Waals surface area (Å²) < 4.78 is 15.4. The fraction of sp³-hybridized carbons (Fsp3) is 0.607. The van der Waals surface area contributed by atoms with E-state index in [9.17, 15) is 4.79 Å². The van der Waals surface area contributed by atoms with Crippen LogP contribution in [0.1, 0.15) is 71.9 Å². The highest BCUT2D eigenvalue weighted by Crippen LogP contribution is 2.41. The number of imidazole rings is 1. The monoisotopic (exact) mass is 596 g/mol. The Morgan fingerprint density at radius 1 is 1.07 bits per heavy atom. The Labute approximate surface area is 247 Å². The fourth-order valence-electron chi connectivity index (χ4n) is 6.25. The number of ether oxygens (including phenoxy) is 2. The van der Waals surface area contributed by atoms with Crippen LogP contribution in [0.15, 0.2) is 24.9 Å². The Kier molecular flexibility index (Phi) is 6.78. The van der Waals surface area contributed by atoms with Gasteiger partial charge in [-0.1, -0.05) is 22.7 Å². The molecule has 2 bridgehead atoms. The highest BCUT2D eigenvalue weighted by molar-refractivity contribution is 7.29. The predicted octanol–water partition coefficient (Wildman–Crippen LogP) is 5.87. The van der Waals surface area contributed by atoms with Crippen molar-refractivity contribution < 1.29 is 14.3 Å². The zero-order valence-electron chi connectivity index (χ0n) is 23.9. The molecule has 0 saturated carbocycles. The average molecular weight is 597 g/mol. The maximum atomic E-state index is 12.9. The van der Waals surface area contributed by atoms with Crippen LogP contribution < -0.4 is 4.90 Å². The molecule has 218 valence electrons. The van der Waals surface area contributed by atoms with Gasteiger partial charge >= 0.3 is 6.09 Å². The molecule has 1 amide bonds. The lowest BCUT2D eigenvalue weighted by Gasteiger charge is -2.42. The average Bonchev–Trinajstić information content (AvgIpc) is 3.75. The van der Waals surface area contributed by atoms with E-state index in [0.717, 1.165) is 82.7 Å². The topological polar surface area (TPSA) is 103 Å². The number of nitrogens with zero attached hydrogens (tertiary/aromatic N) is 8. The van der Waals surface area contributed by atoms with Crippen molar-refractivity contribution in [3.63, 3.8) is 0 Å². The first kappa shape index (κ1) is 26.8. The quantitative estimate of drug-likeness (QED) is 0.282. The maximum Gasteiger partial charge on any atom is 0.410 e. The summed E-state index contributed by atoms with van der Waals surface area (Å²) in [7, 11) is 2.12. The van der Waals surface area contributed by atoms with Crippen LogP contribution in [0.3, 0.4) is 0 Å². The molecule has 7 heterocycles. The minimum absolute atomic E-state index is 0.0106. The van der Waals surface area contributed by atoms with Gasteiger partial charge in [0.15, 0.2) is 19.9 Å². The summed E-state index contributed by atoms with van der Waals surface area (Å²) in [5.41, 5.74) is 1.34. The number of thiazole rings is 2. The van der Waals surface area contributed by atoms with Gasteiger partial charge in [-0.2, -0.15) is 5.10 Å². The maximum absolute atomic E-state index is 12.9. The van der Waals surface area contributed by atoms with Crippen LogP contribution in [-0.4, -0.2) is 77.7 Å². The molecule has 0 N–H and O–H groups in total. The van der Waals surface area contributed by atoms with Gasteiger partial charge in [-0.15, -0.1) is 0 Å². The van der Waals surface area contributed by atoms with Gasteiger partial charge in [0, 0.05) is 49.7 Å². The van der Waals surface area contributed by atoms with Gasteiger partial charge in [-0.05, 0) is 65.7 Å². The number of rotatable bonds is 5. The molecule has 3 saturated heterocycles. The molecular weight excluding hydrogens is 560 g/mol. The van der Waals surface area contributed by atoms with E-state index in [2.05, 4.69) is 22.0 Å². The van der Waals surface area contributed by atoms with E-state index in [0.29, 0.717) is 6.04 Å². The summed E-state index contributed by atoms with van der Waals surface area (Å²) in [6, 6.07) is 0.779. The molecule has 11 nitrogen and oxygen atoms in total. The second-order valence-corrected chi connectivity index (χ2v) is 14.2. The molecule has 3 aliphatic rings. The molecule has 41 heavy (non-hydrogen) atoms. The zero-order valence-corrected chi connectivity index (χ0v) is 25.5. The van der Waals surface area contributed by atoms with E-state index in [1.807, 2.05) is 53.5 Å². The smallest absolute Gasteiger partial charge is 0.410 e. The van der Waals surface area contributed by atoms with Gasteiger partial charge in [0.2, 0.25) is 0 Å². The Morgan fingerprint density at radius 2 is 1.85 bits per heavy atom. The van der Waals surface area contributed by atoms with Gasteiger partial charge in [-0.25, -0.2) is 24.4 Å². The first-order valence-electron chi connectivity index (χ1n) is 14.4. The molecule has 1 unspecified atom stereocenters. The van der Waals surface area contributed by atoms with Crippen molar-refractivity contribution >= 4 is 43.6 Å². The molecule has 7 rings (SSSR count). The van der Waals surface area contributed by atoms with Crippen molar-refractivity contribution in [3.8, 4) is 16.4 Å². The summed E-state index contributed by atoms with van der Waals surface area (Å²) in [6.45, 7) is 6.57. The number of piperidine rings is 1. The predicted molar refractivity (Wildman–Crippen MR) is 159 cm³/mol. The molecule has 3 fully saturated rings. The number of anilines is 1. The third kappa shape index (κ3) is 5.23. The lowest BCUT2D eigenvalue weighted by molar-refractivity contribution is -0.0394. The van der Waals surface area contributed by atoms with E-state index in [1.165, 1.54) is 0 Å². The molecule has 13 heteroatoms. The van der Waals surface area contributed by atoms with Crippen molar-refractivity contribution in [1.29, 1.82) is 0 Å². The van der Waals surface area contributed by atoms with Crippen molar-refractivity contribution in [1.82, 2.24) is 34.2 Å². The van der Waals surface area contributed by atoms with Crippen LogP contribution in [0.4, 0.5) is 9.93 Å². The van der Waals surface area contributed by atoms with Crippen LogP contribution >= 0.6 is 22.7 Å².